The molecule has 0 heterocycles. The van der Waals surface area contributed by atoms with Crippen molar-refractivity contribution in [3.8, 4) is 6.07 Å². The van der Waals surface area contributed by atoms with Crippen LogP contribution in [0.25, 0.3) is 0 Å². The van der Waals surface area contributed by atoms with Gasteiger partial charge >= 0.3 is 0 Å². The Kier molecular flexibility index (Phi) is 3.32. The van der Waals surface area contributed by atoms with E-state index in [1.807, 2.05) is 6.07 Å². The number of aliphatic hydroxyl groups is 1. The van der Waals surface area contributed by atoms with E-state index in [2.05, 4.69) is 0 Å². The Morgan fingerprint density at radius 2 is 1.74 bits per heavy atom. The van der Waals surface area contributed by atoms with E-state index >= 15 is 0 Å². The molecule has 0 saturated heterocycles. The van der Waals surface area contributed by atoms with Gasteiger partial charge in [0.1, 0.15) is 17.2 Å². The molecule has 0 saturated carbocycles. The Labute approximate surface area is 109 Å². The Balaban J connectivity index is 2.51. The maximum atomic E-state index is 13.7. The molecule has 2 rings (SSSR count). The lowest BCUT2D eigenvalue weighted by molar-refractivity contribution is 0.0975. The van der Waals surface area contributed by atoms with Crippen LogP contribution in [0.15, 0.2) is 42.5 Å². The number of nitrogens with zero attached hydrogens (tertiary/aromatic N) is 1. The molecule has 96 valence electrons. The second kappa shape index (κ2) is 4.79. The molecule has 2 aromatic rings. The molecule has 0 aliphatic heterocycles. The van der Waals surface area contributed by atoms with Crippen LogP contribution < -0.4 is 0 Å². The molecule has 1 unspecified atom stereocenters. The van der Waals surface area contributed by atoms with E-state index in [9.17, 15) is 13.9 Å². The molecule has 0 fully saturated rings. The Morgan fingerprint density at radius 1 is 1.11 bits per heavy atom. The third kappa shape index (κ3) is 2.47. The van der Waals surface area contributed by atoms with E-state index in [0.29, 0.717) is 11.1 Å². The molecule has 0 spiro atoms. The standard InChI is InChI=1S/C15H11F2NO/c1-15(19,11-4-2-10(9-18)3-5-11)13-8-12(16)6-7-14(13)17/h2-8,19H,1H3. The van der Waals surface area contributed by atoms with Crippen LogP contribution in [-0.2, 0) is 5.60 Å². The zero-order valence-electron chi connectivity index (χ0n) is 10.2. The first-order valence-corrected chi connectivity index (χ1v) is 5.63. The minimum absolute atomic E-state index is 0.141. The van der Waals surface area contributed by atoms with Crippen molar-refractivity contribution in [2.45, 2.75) is 12.5 Å². The maximum Gasteiger partial charge on any atom is 0.129 e. The third-order valence-electron chi connectivity index (χ3n) is 3.03. The molecule has 1 N–H and O–H groups in total. The lowest BCUT2D eigenvalue weighted by Crippen LogP contribution is -2.24. The van der Waals surface area contributed by atoms with Crippen molar-refractivity contribution in [1.82, 2.24) is 0 Å². The van der Waals surface area contributed by atoms with Gasteiger partial charge in [0, 0.05) is 5.56 Å². The summed E-state index contributed by atoms with van der Waals surface area (Å²) in [6.07, 6.45) is 0. The summed E-state index contributed by atoms with van der Waals surface area (Å²) >= 11 is 0. The van der Waals surface area contributed by atoms with Gasteiger partial charge in [0.2, 0.25) is 0 Å². The summed E-state index contributed by atoms with van der Waals surface area (Å²) in [7, 11) is 0. The summed E-state index contributed by atoms with van der Waals surface area (Å²) < 4.78 is 26.9. The summed E-state index contributed by atoms with van der Waals surface area (Å²) in [5.41, 5.74) is -0.993. The first-order valence-electron chi connectivity index (χ1n) is 5.63. The number of rotatable bonds is 2. The van der Waals surface area contributed by atoms with Gasteiger partial charge in [0.05, 0.1) is 11.6 Å². The average Bonchev–Trinajstić information content (AvgIpc) is 2.41. The van der Waals surface area contributed by atoms with E-state index < -0.39 is 17.2 Å². The van der Waals surface area contributed by atoms with Crippen molar-refractivity contribution >= 4 is 0 Å². The van der Waals surface area contributed by atoms with E-state index in [4.69, 9.17) is 5.26 Å². The van der Waals surface area contributed by atoms with E-state index in [1.165, 1.54) is 31.2 Å². The van der Waals surface area contributed by atoms with Crippen molar-refractivity contribution in [2.75, 3.05) is 0 Å². The second-order valence-corrected chi connectivity index (χ2v) is 4.39. The van der Waals surface area contributed by atoms with E-state index in [1.54, 1.807) is 0 Å². The molecule has 2 nitrogen and oxygen atoms in total. The molecule has 0 aliphatic carbocycles. The van der Waals surface area contributed by atoms with Crippen LogP contribution in [0.4, 0.5) is 8.78 Å². The zero-order valence-corrected chi connectivity index (χ0v) is 10.2. The quantitative estimate of drug-likeness (QED) is 0.900. The Hall–Kier alpha value is -2.25. The lowest BCUT2D eigenvalue weighted by atomic mass is 9.87. The van der Waals surface area contributed by atoms with Gasteiger partial charge in [-0.2, -0.15) is 5.26 Å². The van der Waals surface area contributed by atoms with Gasteiger partial charge in [0.25, 0.3) is 0 Å². The van der Waals surface area contributed by atoms with Crippen LogP contribution >= 0.6 is 0 Å². The average molecular weight is 259 g/mol. The lowest BCUT2D eigenvalue weighted by Gasteiger charge is -2.25. The van der Waals surface area contributed by atoms with Gasteiger partial charge in [-0.1, -0.05) is 12.1 Å². The molecule has 0 radical (unpaired) electrons. The fourth-order valence-corrected chi connectivity index (χ4v) is 1.90. The van der Waals surface area contributed by atoms with Crippen LogP contribution in [0, 0.1) is 23.0 Å². The van der Waals surface area contributed by atoms with Crippen molar-refractivity contribution in [3.05, 3.63) is 70.8 Å². The largest absolute Gasteiger partial charge is 0.381 e. The van der Waals surface area contributed by atoms with Crippen molar-refractivity contribution in [1.29, 1.82) is 5.26 Å². The molecule has 0 bridgehead atoms. The third-order valence-corrected chi connectivity index (χ3v) is 3.03. The summed E-state index contributed by atoms with van der Waals surface area (Å²) in [6, 6.07) is 10.9. The first kappa shape index (κ1) is 13.2. The van der Waals surface area contributed by atoms with Gasteiger partial charge in [-0.15, -0.1) is 0 Å². The number of hydrogen-bond acceptors (Lipinski definition) is 2. The fraction of sp³-hybridized carbons (Fsp3) is 0.133. The molecular formula is C15H11F2NO. The SMILES string of the molecule is CC(O)(c1ccc(C#N)cc1)c1cc(F)ccc1F. The minimum atomic E-state index is -1.67. The van der Waals surface area contributed by atoms with Crippen LogP contribution in [-0.4, -0.2) is 5.11 Å². The molecule has 0 amide bonds. The minimum Gasteiger partial charge on any atom is -0.381 e. The Morgan fingerprint density at radius 3 is 2.32 bits per heavy atom. The van der Waals surface area contributed by atoms with Gasteiger partial charge in [-0.3, -0.25) is 0 Å². The predicted octanol–water partition coefficient (Wildman–Crippen LogP) is 3.09. The molecule has 2 aromatic carbocycles. The highest BCUT2D eigenvalue weighted by Crippen LogP contribution is 2.31. The summed E-state index contributed by atoms with van der Waals surface area (Å²) in [6.45, 7) is 1.38. The first-order chi connectivity index (χ1) is 8.95. The highest BCUT2D eigenvalue weighted by Gasteiger charge is 2.29. The molecule has 1 atom stereocenters. The maximum absolute atomic E-state index is 13.7. The Bertz CT molecular complexity index is 642. The normalized spacial score (nSPS) is 13.6. The van der Waals surface area contributed by atoms with E-state index in [-0.39, 0.29) is 5.56 Å². The fourth-order valence-electron chi connectivity index (χ4n) is 1.90. The summed E-state index contributed by atoms with van der Waals surface area (Å²) in [5, 5.41) is 19.1. The zero-order chi connectivity index (χ0) is 14.0. The van der Waals surface area contributed by atoms with Gasteiger partial charge in [-0.05, 0) is 42.8 Å². The van der Waals surface area contributed by atoms with E-state index in [0.717, 1.165) is 18.2 Å². The van der Waals surface area contributed by atoms with Crippen molar-refractivity contribution in [2.24, 2.45) is 0 Å². The van der Waals surface area contributed by atoms with Crippen molar-refractivity contribution < 1.29 is 13.9 Å². The summed E-state index contributed by atoms with van der Waals surface area (Å²) in [5.74, 6) is -1.30. The smallest absolute Gasteiger partial charge is 0.129 e. The number of nitriles is 1. The number of halogens is 2. The predicted molar refractivity (Wildman–Crippen MR) is 66.2 cm³/mol. The van der Waals surface area contributed by atoms with Crippen LogP contribution in [0.3, 0.4) is 0 Å². The van der Waals surface area contributed by atoms with Crippen molar-refractivity contribution in [3.63, 3.8) is 0 Å². The highest BCUT2D eigenvalue weighted by molar-refractivity contribution is 5.40. The van der Waals surface area contributed by atoms with Crippen LogP contribution in [0.1, 0.15) is 23.6 Å². The topological polar surface area (TPSA) is 44.0 Å². The van der Waals surface area contributed by atoms with Crippen LogP contribution in [0.5, 0.6) is 0 Å². The molecule has 4 heteroatoms. The number of benzene rings is 2. The number of hydrogen-bond donors (Lipinski definition) is 1. The molecule has 0 aromatic heterocycles. The second-order valence-electron chi connectivity index (χ2n) is 4.39. The van der Waals surface area contributed by atoms with Gasteiger partial charge in [0.15, 0.2) is 0 Å². The molecule has 0 aliphatic rings. The summed E-state index contributed by atoms with van der Waals surface area (Å²) in [4.78, 5) is 0. The molecular weight excluding hydrogens is 248 g/mol. The monoisotopic (exact) mass is 259 g/mol. The molecule has 19 heavy (non-hydrogen) atoms. The highest BCUT2D eigenvalue weighted by atomic mass is 19.1. The van der Waals surface area contributed by atoms with Gasteiger partial charge in [-0.25, -0.2) is 8.78 Å². The van der Waals surface area contributed by atoms with Gasteiger partial charge < -0.3 is 5.11 Å². The van der Waals surface area contributed by atoms with Crippen LogP contribution in [0.2, 0.25) is 0 Å².